The summed E-state index contributed by atoms with van der Waals surface area (Å²) in [6.45, 7) is 4.03. The van der Waals surface area contributed by atoms with Crippen LogP contribution >= 0.6 is 34.8 Å². The number of fused-ring (bicyclic) bond motifs is 1. The van der Waals surface area contributed by atoms with Gasteiger partial charge in [0, 0.05) is 17.4 Å². The number of nitrogens with two attached hydrogens (primary N) is 1. The van der Waals surface area contributed by atoms with Crippen molar-refractivity contribution in [1.82, 2.24) is 19.7 Å². The maximum Gasteiger partial charge on any atom is 0.262 e. The second-order valence-corrected chi connectivity index (χ2v) is 12.7. The van der Waals surface area contributed by atoms with Crippen LogP contribution in [0.3, 0.4) is 0 Å². The molecule has 41 heavy (non-hydrogen) atoms. The third-order valence-corrected chi connectivity index (χ3v) is 8.56. The van der Waals surface area contributed by atoms with Crippen LogP contribution in [0, 0.1) is 0 Å². The summed E-state index contributed by atoms with van der Waals surface area (Å²) in [5.41, 5.74) is 3.70. The Hall–Kier alpha value is -3.21. The molecule has 0 radical (unpaired) electrons. The lowest BCUT2D eigenvalue weighted by Crippen LogP contribution is -2.14. The van der Waals surface area contributed by atoms with Gasteiger partial charge < -0.3 is 4.98 Å². The van der Waals surface area contributed by atoms with Gasteiger partial charge in [-0.3, -0.25) is 4.79 Å². The fraction of sp³-hybridized carbons (Fsp3) is 0.207. The molecule has 3 N–H and O–H groups in total. The van der Waals surface area contributed by atoms with Crippen LogP contribution < -0.4 is 10.7 Å². The monoisotopic (exact) mass is 629 g/mol. The second-order valence-electron chi connectivity index (χ2n) is 9.86. The Bertz CT molecular complexity index is 1900. The highest BCUT2D eigenvalue weighted by atomic mass is 35.5. The van der Waals surface area contributed by atoms with Crippen molar-refractivity contribution in [3.05, 3.63) is 103 Å². The highest BCUT2D eigenvalue weighted by molar-refractivity contribution is 7.89. The molecule has 0 aliphatic carbocycles. The lowest BCUT2D eigenvalue weighted by atomic mass is 10.0. The molecule has 2 aromatic heterocycles. The average molecular weight is 631 g/mol. The first-order valence-electron chi connectivity index (χ1n) is 12.8. The predicted molar refractivity (Wildman–Crippen MR) is 164 cm³/mol. The number of rotatable bonds is 8. The number of aromatic nitrogens is 4. The highest BCUT2D eigenvalue weighted by Gasteiger charge is 2.25. The van der Waals surface area contributed by atoms with Crippen LogP contribution in [0.2, 0.25) is 15.1 Å². The maximum atomic E-state index is 13.5. The molecule has 1 atom stereocenters. The molecule has 0 spiro atoms. The SMILES string of the molecule is CCCC(C)c1nn(-c2c(Cl)cc(S(N)(=O)=O)cc2Cl)c2nc(Cc3ccc(-c4ccc(Cl)cc4)cc3)[nH]c(=O)c12. The summed E-state index contributed by atoms with van der Waals surface area (Å²) in [6, 6.07) is 17.9. The molecule has 0 aliphatic heterocycles. The van der Waals surface area contributed by atoms with Crippen molar-refractivity contribution in [2.75, 3.05) is 0 Å². The Morgan fingerprint density at radius 3 is 2.12 bits per heavy atom. The van der Waals surface area contributed by atoms with Crippen molar-refractivity contribution in [3.63, 3.8) is 0 Å². The van der Waals surface area contributed by atoms with E-state index in [1.807, 2.05) is 62.4 Å². The van der Waals surface area contributed by atoms with Crippen molar-refractivity contribution in [2.45, 2.75) is 43.9 Å². The molecule has 0 saturated carbocycles. The van der Waals surface area contributed by atoms with Gasteiger partial charge in [0.05, 0.1) is 20.6 Å². The molecule has 0 amide bonds. The lowest BCUT2D eigenvalue weighted by molar-refractivity contribution is 0.597. The Labute approximate surface area is 252 Å². The molecule has 0 saturated heterocycles. The first-order chi connectivity index (χ1) is 19.5. The molecule has 0 fully saturated rings. The van der Waals surface area contributed by atoms with E-state index in [1.54, 1.807) is 0 Å². The number of aromatic amines is 1. The van der Waals surface area contributed by atoms with Gasteiger partial charge in [-0.15, -0.1) is 0 Å². The molecule has 12 heteroatoms. The number of sulfonamides is 1. The predicted octanol–water partition coefficient (Wildman–Crippen LogP) is 6.88. The maximum absolute atomic E-state index is 13.5. The zero-order valence-corrected chi connectivity index (χ0v) is 25.2. The molecular formula is C29H26Cl3N5O3S. The number of hydrogen-bond acceptors (Lipinski definition) is 5. The van der Waals surface area contributed by atoms with E-state index in [0.29, 0.717) is 28.3 Å². The minimum atomic E-state index is -4.05. The van der Waals surface area contributed by atoms with Crippen molar-refractivity contribution in [2.24, 2.45) is 5.14 Å². The normalized spacial score (nSPS) is 12.6. The number of H-pyrrole nitrogens is 1. The smallest absolute Gasteiger partial charge is 0.262 e. The van der Waals surface area contributed by atoms with E-state index >= 15 is 0 Å². The molecule has 0 bridgehead atoms. The zero-order chi connectivity index (χ0) is 29.5. The van der Waals surface area contributed by atoms with Crippen LogP contribution in [0.25, 0.3) is 27.8 Å². The molecule has 3 aromatic carbocycles. The van der Waals surface area contributed by atoms with Gasteiger partial charge in [-0.25, -0.2) is 23.2 Å². The quantitative estimate of drug-likeness (QED) is 0.193. The van der Waals surface area contributed by atoms with Crippen molar-refractivity contribution < 1.29 is 8.42 Å². The van der Waals surface area contributed by atoms with E-state index in [4.69, 9.17) is 50.0 Å². The summed E-state index contributed by atoms with van der Waals surface area (Å²) in [6.07, 6.45) is 2.03. The third-order valence-electron chi connectivity index (χ3n) is 6.84. The molecule has 5 rings (SSSR count). The molecule has 8 nitrogen and oxygen atoms in total. The largest absolute Gasteiger partial charge is 0.310 e. The summed E-state index contributed by atoms with van der Waals surface area (Å²) >= 11 is 19.1. The summed E-state index contributed by atoms with van der Waals surface area (Å²) in [5.74, 6) is 0.366. The van der Waals surface area contributed by atoms with Crippen LogP contribution in [0.15, 0.2) is 70.4 Å². The van der Waals surface area contributed by atoms with Crippen LogP contribution in [0.4, 0.5) is 0 Å². The number of nitrogens with zero attached hydrogens (tertiary/aromatic N) is 3. The molecular weight excluding hydrogens is 605 g/mol. The molecule has 0 aliphatic rings. The molecule has 212 valence electrons. The van der Waals surface area contributed by atoms with Gasteiger partial charge in [0.15, 0.2) is 5.65 Å². The average Bonchev–Trinajstić information content (AvgIpc) is 3.29. The van der Waals surface area contributed by atoms with Crippen molar-refractivity contribution >= 4 is 55.9 Å². The number of hydrogen-bond donors (Lipinski definition) is 2. The molecule has 5 aromatic rings. The summed E-state index contributed by atoms with van der Waals surface area (Å²) in [7, 11) is -4.05. The summed E-state index contributed by atoms with van der Waals surface area (Å²) in [4.78, 5) is 20.9. The fourth-order valence-electron chi connectivity index (χ4n) is 4.81. The Morgan fingerprint density at radius 2 is 1.56 bits per heavy atom. The van der Waals surface area contributed by atoms with Gasteiger partial charge in [0.1, 0.15) is 16.9 Å². The number of benzene rings is 3. The Morgan fingerprint density at radius 1 is 0.976 bits per heavy atom. The van der Waals surface area contributed by atoms with E-state index < -0.39 is 10.0 Å². The van der Waals surface area contributed by atoms with Crippen LogP contribution in [0.1, 0.15) is 49.7 Å². The topological polar surface area (TPSA) is 124 Å². The number of primary sulfonamides is 1. The fourth-order valence-corrected chi connectivity index (χ4v) is 6.28. The first kappa shape index (κ1) is 29.3. The standard InChI is InChI=1S/C29H26Cl3N5O3S/c1-3-4-16(2)26-25-28(37(36-26)27-22(31)14-21(15-23(27)32)41(33,39)40)34-24(35-29(25)38)13-17-5-7-18(8-6-17)19-9-11-20(30)12-10-19/h5-12,14-16H,3-4,13H2,1-2H3,(H2,33,39,40)(H,34,35,38). The van der Waals surface area contributed by atoms with E-state index in [1.165, 1.54) is 16.8 Å². The first-order valence-corrected chi connectivity index (χ1v) is 15.5. The van der Waals surface area contributed by atoms with E-state index in [2.05, 4.69) is 4.98 Å². The zero-order valence-electron chi connectivity index (χ0n) is 22.2. The summed E-state index contributed by atoms with van der Waals surface area (Å²) in [5, 5.41) is 11.0. The van der Waals surface area contributed by atoms with Crippen LogP contribution in [-0.2, 0) is 16.4 Å². The van der Waals surface area contributed by atoms with Gasteiger partial charge in [-0.1, -0.05) is 91.5 Å². The lowest BCUT2D eigenvalue weighted by Gasteiger charge is -2.11. The Balaban J connectivity index is 1.61. The number of halogens is 3. The minimum Gasteiger partial charge on any atom is -0.310 e. The van der Waals surface area contributed by atoms with E-state index in [9.17, 15) is 13.2 Å². The van der Waals surface area contributed by atoms with Gasteiger partial charge in [0.25, 0.3) is 5.56 Å². The third kappa shape index (κ3) is 6.05. The molecule has 1 unspecified atom stereocenters. The van der Waals surface area contributed by atoms with Gasteiger partial charge in [-0.05, 0) is 47.4 Å². The van der Waals surface area contributed by atoms with Gasteiger partial charge in [0.2, 0.25) is 10.0 Å². The number of nitrogens with one attached hydrogen (secondary N) is 1. The van der Waals surface area contributed by atoms with Gasteiger partial charge in [-0.2, -0.15) is 5.10 Å². The van der Waals surface area contributed by atoms with E-state index in [-0.39, 0.29) is 37.8 Å². The van der Waals surface area contributed by atoms with Crippen LogP contribution in [0.5, 0.6) is 0 Å². The summed E-state index contributed by atoms with van der Waals surface area (Å²) < 4.78 is 25.2. The molecule has 2 heterocycles. The second kappa shape index (κ2) is 11.6. The highest BCUT2D eigenvalue weighted by Crippen LogP contribution is 2.35. The van der Waals surface area contributed by atoms with Crippen molar-refractivity contribution in [1.29, 1.82) is 0 Å². The van der Waals surface area contributed by atoms with Crippen molar-refractivity contribution in [3.8, 4) is 16.8 Å². The van der Waals surface area contributed by atoms with E-state index in [0.717, 1.165) is 29.5 Å². The minimum absolute atomic E-state index is 0.00189. The van der Waals surface area contributed by atoms with Gasteiger partial charge >= 0.3 is 0 Å². The Kier molecular flexibility index (Phi) is 8.27. The van der Waals surface area contributed by atoms with Crippen LogP contribution in [-0.4, -0.2) is 28.2 Å².